The number of ketones is 1. The minimum Gasteiger partial charge on any atom is -0.371 e. The van der Waals surface area contributed by atoms with Crippen molar-refractivity contribution in [3.8, 4) is 0 Å². The molecule has 2 heteroatoms. The lowest BCUT2D eigenvalue weighted by molar-refractivity contribution is 0.104. The van der Waals surface area contributed by atoms with Gasteiger partial charge in [-0.25, -0.2) is 0 Å². The van der Waals surface area contributed by atoms with E-state index in [0.29, 0.717) is 0 Å². The summed E-state index contributed by atoms with van der Waals surface area (Å²) in [5.41, 5.74) is 2.91. The van der Waals surface area contributed by atoms with Crippen LogP contribution in [0.3, 0.4) is 0 Å². The first kappa shape index (κ1) is 14.6. The molecule has 2 aromatic rings. The van der Waals surface area contributed by atoms with Crippen LogP contribution in [0.15, 0.2) is 66.7 Å². The zero-order chi connectivity index (χ0) is 15.2. The third kappa shape index (κ3) is 3.45. The average molecular weight is 291 g/mol. The van der Waals surface area contributed by atoms with Crippen LogP contribution in [0.5, 0.6) is 0 Å². The lowest BCUT2D eigenvalue weighted by Crippen LogP contribution is -2.28. The molecule has 3 rings (SSSR count). The molecule has 2 nitrogen and oxygen atoms in total. The highest BCUT2D eigenvalue weighted by Gasteiger charge is 2.16. The number of carbonyl (C=O) groups is 1. The number of hydrogen-bond acceptors (Lipinski definition) is 2. The van der Waals surface area contributed by atoms with Crippen molar-refractivity contribution in [2.24, 2.45) is 0 Å². The summed E-state index contributed by atoms with van der Waals surface area (Å²) in [7, 11) is 0. The van der Waals surface area contributed by atoms with Gasteiger partial charge >= 0.3 is 0 Å². The molecule has 22 heavy (non-hydrogen) atoms. The number of nitrogens with zero attached hydrogens (tertiary/aromatic N) is 1. The fraction of sp³-hybridized carbons (Fsp3) is 0.250. The number of rotatable bonds is 4. The van der Waals surface area contributed by atoms with Crippen molar-refractivity contribution in [1.82, 2.24) is 4.90 Å². The molecular weight excluding hydrogens is 270 g/mol. The smallest absolute Gasteiger partial charge is 0.187 e. The van der Waals surface area contributed by atoms with Crippen molar-refractivity contribution in [1.29, 1.82) is 0 Å². The Hall–Kier alpha value is -2.35. The van der Waals surface area contributed by atoms with Gasteiger partial charge in [-0.15, -0.1) is 0 Å². The van der Waals surface area contributed by atoms with Crippen molar-refractivity contribution in [2.75, 3.05) is 13.1 Å². The van der Waals surface area contributed by atoms with E-state index in [-0.39, 0.29) is 5.78 Å². The van der Waals surface area contributed by atoms with Gasteiger partial charge in [-0.1, -0.05) is 60.7 Å². The molecule has 112 valence electrons. The number of benzene rings is 2. The second-order valence-electron chi connectivity index (χ2n) is 5.67. The average Bonchev–Trinajstić information content (AvgIpc) is 2.62. The molecule has 1 heterocycles. The van der Waals surface area contributed by atoms with E-state index in [0.717, 1.165) is 29.9 Å². The minimum atomic E-state index is 0.0741. The quantitative estimate of drug-likeness (QED) is 0.615. The van der Waals surface area contributed by atoms with Gasteiger partial charge < -0.3 is 4.90 Å². The third-order valence-corrected chi connectivity index (χ3v) is 4.09. The summed E-state index contributed by atoms with van der Waals surface area (Å²) in [5.74, 6) is 0.0741. The molecule has 1 aliphatic rings. The van der Waals surface area contributed by atoms with Crippen LogP contribution in [0, 0.1) is 0 Å². The van der Waals surface area contributed by atoms with E-state index in [2.05, 4.69) is 17.0 Å². The maximum atomic E-state index is 12.6. The molecule has 2 aromatic carbocycles. The topological polar surface area (TPSA) is 20.3 Å². The Labute approximate surface area is 132 Å². The van der Waals surface area contributed by atoms with Crippen LogP contribution in [0.2, 0.25) is 0 Å². The van der Waals surface area contributed by atoms with Crippen molar-refractivity contribution in [3.63, 3.8) is 0 Å². The van der Waals surface area contributed by atoms with Crippen LogP contribution in [0.1, 0.15) is 35.2 Å². The summed E-state index contributed by atoms with van der Waals surface area (Å²) in [4.78, 5) is 14.9. The molecule has 1 fully saturated rings. The Morgan fingerprint density at radius 2 is 1.32 bits per heavy atom. The summed E-state index contributed by atoms with van der Waals surface area (Å²) in [5, 5.41) is 0. The van der Waals surface area contributed by atoms with E-state index in [1.807, 2.05) is 48.5 Å². The van der Waals surface area contributed by atoms with E-state index in [1.165, 1.54) is 19.3 Å². The fourth-order valence-electron chi connectivity index (χ4n) is 2.91. The molecule has 0 saturated carbocycles. The van der Waals surface area contributed by atoms with Gasteiger partial charge in [0.2, 0.25) is 0 Å². The van der Waals surface area contributed by atoms with Crippen molar-refractivity contribution in [3.05, 3.63) is 77.9 Å². The van der Waals surface area contributed by atoms with Gasteiger partial charge in [0, 0.05) is 30.4 Å². The Morgan fingerprint density at radius 1 is 0.773 bits per heavy atom. The lowest BCUT2D eigenvalue weighted by atomic mass is 10.0. The van der Waals surface area contributed by atoms with Crippen LogP contribution in [0.25, 0.3) is 5.70 Å². The van der Waals surface area contributed by atoms with Crippen LogP contribution in [0.4, 0.5) is 0 Å². The van der Waals surface area contributed by atoms with E-state index >= 15 is 0 Å². The molecule has 0 N–H and O–H groups in total. The SMILES string of the molecule is O=C(C=C(c1ccccc1)N1CCCCC1)c1ccccc1. The molecular formula is C20H21NO. The van der Waals surface area contributed by atoms with Gasteiger partial charge in [0.1, 0.15) is 0 Å². The molecule has 0 atom stereocenters. The van der Waals surface area contributed by atoms with Crippen LogP contribution in [-0.4, -0.2) is 23.8 Å². The summed E-state index contributed by atoms with van der Waals surface area (Å²) in [6.45, 7) is 2.06. The number of piperidine rings is 1. The lowest BCUT2D eigenvalue weighted by Gasteiger charge is -2.31. The second-order valence-corrected chi connectivity index (χ2v) is 5.67. The molecule has 1 aliphatic heterocycles. The van der Waals surface area contributed by atoms with Crippen molar-refractivity contribution >= 4 is 11.5 Å². The number of likely N-dealkylation sites (tertiary alicyclic amines) is 1. The Morgan fingerprint density at radius 3 is 1.91 bits per heavy atom. The first-order valence-electron chi connectivity index (χ1n) is 7.96. The Bertz CT molecular complexity index is 640. The molecule has 0 amide bonds. The first-order chi connectivity index (χ1) is 10.8. The van der Waals surface area contributed by atoms with Gasteiger partial charge in [-0.3, -0.25) is 4.79 Å². The normalized spacial score (nSPS) is 15.6. The highest BCUT2D eigenvalue weighted by molar-refractivity contribution is 6.08. The third-order valence-electron chi connectivity index (χ3n) is 4.09. The van der Waals surface area contributed by atoms with E-state index < -0.39 is 0 Å². The molecule has 0 spiro atoms. The summed E-state index contributed by atoms with van der Waals surface area (Å²) in [6, 6.07) is 19.7. The maximum absolute atomic E-state index is 12.6. The zero-order valence-corrected chi connectivity index (χ0v) is 12.7. The fourth-order valence-corrected chi connectivity index (χ4v) is 2.91. The maximum Gasteiger partial charge on any atom is 0.187 e. The number of carbonyl (C=O) groups excluding carboxylic acids is 1. The molecule has 0 aromatic heterocycles. The van der Waals surface area contributed by atoms with E-state index in [9.17, 15) is 4.79 Å². The minimum absolute atomic E-state index is 0.0741. The largest absolute Gasteiger partial charge is 0.371 e. The zero-order valence-electron chi connectivity index (χ0n) is 12.7. The van der Waals surface area contributed by atoms with Gasteiger partial charge in [0.25, 0.3) is 0 Å². The highest BCUT2D eigenvalue weighted by Crippen LogP contribution is 2.24. The van der Waals surface area contributed by atoms with Crippen LogP contribution < -0.4 is 0 Å². The predicted molar refractivity (Wildman–Crippen MR) is 90.6 cm³/mol. The molecule has 0 unspecified atom stereocenters. The monoisotopic (exact) mass is 291 g/mol. The van der Waals surface area contributed by atoms with Gasteiger partial charge in [-0.05, 0) is 24.8 Å². The van der Waals surface area contributed by atoms with Crippen molar-refractivity contribution in [2.45, 2.75) is 19.3 Å². The van der Waals surface area contributed by atoms with E-state index in [1.54, 1.807) is 6.08 Å². The molecule has 0 radical (unpaired) electrons. The first-order valence-corrected chi connectivity index (χ1v) is 7.96. The van der Waals surface area contributed by atoms with E-state index in [4.69, 9.17) is 0 Å². The summed E-state index contributed by atoms with van der Waals surface area (Å²) >= 11 is 0. The summed E-state index contributed by atoms with van der Waals surface area (Å²) in [6.07, 6.45) is 5.48. The van der Waals surface area contributed by atoms with Gasteiger partial charge in [0.05, 0.1) is 0 Å². The summed E-state index contributed by atoms with van der Waals surface area (Å²) < 4.78 is 0. The number of hydrogen-bond donors (Lipinski definition) is 0. The van der Waals surface area contributed by atoms with Crippen LogP contribution >= 0.6 is 0 Å². The molecule has 1 saturated heterocycles. The number of allylic oxidation sites excluding steroid dienone is 1. The second kappa shape index (κ2) is 7.08. The highest BCUT2D eigenvalue weighted by atomic mass is 16.1. The van der Waals surface area contributed by atoms with Gasteiger partial charge in [-0.2, -0.15) is 0 Å². The molecule has 0 aliphatic carbocycles. The Kier molecular flexibility index (Phi) is 4.69. The predicted octanol–water partition coefficient (Wildman–Crippen LogP) is 4.40. The molecule has 0 bridgehead atoms. The Balaban J connectivity index is 1.94. The van der Waals surface area contributed by atoms with Crippen LogP contribution in [-0.2, 0) is 0 Å². The van der Waals surface area contributed by atoms with Crippen molar-refractivity contribution < 1.29 is 4.79 Å². The standard InChI is InChI=1S/C20H21NO/c22-20(18-12-6-2-7-13-18)16-19(17-10-4-1-5-11-17)21-14-8-3-9-15-21/h1-2,4-7,10-13,16H,3,8-9,14-15H2. The van der Waals surface area contributed by atoms with Gasteiger partial charge in [0.15, 0.2) is 5.78 Å².